The molecule has 1 heterocycles. The zero-order valence-electron chi connectivity index (χ0n) is 31.5. The van der Waals surface area contributed by atoms with E-state index in [1.165, 1.54) is 29.9 Å². The third kappa shape index (κ3) is 13.5. The number of phenols is 1. The average Bonchev–Trinajstić information content (AvgIpc) is 3.16. The number of methoxy groups -OCH3 is 1. The topological polar surface area (TPSA) is 142 Å². The Labute approximate surface area is 315 Å². The number of carbonyl (C=O) groups excluding carboxylic acids is 2. The molecule has 0 bridgehead atoms. The first kappa shape index (κ1) is 41.3. The van der Waals surface area contributed by atoms with E-state index in [-0.39, 0.29) is 42.3 Å². The molecule has 0 fully saturated rings. The lowest BCUT2D eigenvalue weighted by molar-refractivity contribution is -0.124. The third-order valence-electron chi connectivity index (χ3n) is 10.0. The summed E-state index contributed by atoms with van der Waals surface area (Å²) in [6.45, 7) is 1.88. The maximum absolute atomic E-state index is 13.1. The van der Waals surface area contributed by atoms with Gasteiger partial charge in [-0.15, -0.1) is 0 Å². The van der Waals surface area contributed by atoms with Crippen molar-refractivity contribution in [2.75, 3.05) is 20.3 Å². The second-order valence-corrected chi connectivity index (χ2v) is 14.1. The Bertz CT molecular complexity index is 1730. The fraction of sp³-hybridized carbons (Fsp3) is 0.422. The molecule has 0 saturated heterocycles. The summed E-state index contributed by atoms with van der Waals surface area (Å²) in [5.74, 6) is 0.134. The minimum Gasteiger partial charge on any atom is -0.504 e. The lowest BCUT2D eigenvalue weighted by Crippen LogP contribution is -2.35. The first-order chi connectivity index (χ1) is 25.7. The van der Waals surface area contributed by atoms with Gasteiger partial charge in [0.2, 0.25) is 0 Å². The van der Waals surface area contributed by atoms with Crippen LogP contribution in [0.5, 0.6) is 11.5 Å². The molecule has 0 amide bonds. The number of benzene rings is 3. The highest BCUT2D eigenvalue weighted by molar-refractivity contribution is 6.07. The van der Waals surface area contributed by atoms with Gasteiger partial charge >= 0.3 is 0 Å². The highest BCUT2D eigenvalue weighted by Crippen LogP contribution is 2.36. The van der Waals surface area contributed by atoms with E-state index in [9.17, 15) is 24.9 Å². The summed E-state index contributed by atoms with van der Waals surface area (Å²) in [4.78, 5) is 25.9. The number of aliphatic hydroxyl groups is 2. The van der Waals surface area contributed by atoms with E-state index < -0.39 is 6.61 Å². The van der Waals surface area contributed by atoms with Gasteiger partial charge in [-0.25, -0.2) is 0 Å². The van der Waals surface area contributed by atoms with E-state index in [2.05, 4.69) is 60.8 Å². The summed E-state index contributed by atoms with van der Waals surface area (Å²) < 4.78 is 5.41. The van der Waals surface area contributed by atoms with Gasteiger partial charge in [0.15, 0.2) is 17.3 Å². The van der Waals surface area contributed by atoms with Crippen LogP contribution >= 0.6 is 0 Å². The average molecular weight is 723 g/mol. The fourth-order valence-corrected chi connectivity index (χ4v) is 7.19. The van der Waals surface area contributed by atoms with Crippen molar-refractivity contribution in [1.82, 2.24) is 5.32 Å². The van der Waals surface area contributed by atoms with E-state index in [4.69, 9.17) is 10.5 Å². The summed E-state index contributed by atoms with van der Waals surface area (Å²) in [5.41, 5.74) is 13.8. The number of aromatic hydroxyl groups is 1. The molecule has 3 aromatic carbocycles. The summed E-state index contributed by atoms with van der Waals surface area (Å²) in [5, 5.41) is 33.7. The molecule has 2 atom stereocenters. The molecule has 8 heteroatoms. The summed E-state index contributed by atoms with van der Waals surface area (Å²) in [6.07, 6.45) is 14.4. The fourth-order valence-electron chi connectivity index (χ4n) is 7.19. The Morgan fingerprint density at radius 2 is 1.58 bits per heavy atom. The van der Waals surface area contributed by atoms with Crippen LogP contribution in [0.3, 0.4) is 0 Å². The number of Topliss-reactive ketones (excluding diaryl/α,β-unsaturated/α-hetero) is 1. The van der Waals surface area contributed by atoms with Crippen LogP contribution in [-0.4, -0.2) is 53.4 Å². The van der Waals surface area contributed by atoms with Gasteiger partial charge in [0.25, 0.3) is 0 Å². The zero-order valence-corrected chi connectivity index (χ0v) is 31.5. The predicted octanol–water partition coefficient (Wildman–Crippen LogP) is 7.32. The number of allylic oxidation sites excluding steroid dienone is 3. The molecular weight excluding hydrogens is 665 g/mol. The Kier molecular flexibility index (Phi) is 17.0. The molecule has 0 aliphatic carbocycles. The second kappa shape index (κ2) is 21.9. The summed E-state index contributed by atoms with van der Waals surface area (Å²) in [7, 11) is 1.45. The van der Waals surface area contributed by atoms with E-state index in [0.29, 0.717) is 41.9 Å². The van der Waals surface area contributed by atoms with Gasteiger partial charge < -0.3 is 31.1 Å². The molecule has 1 aliphatic rings. The number of ether oxygens (including phenoxy) is 1. The van der Waals surface area contributed by atoms with Crippen LogP contribution in [0.15, 0.2) is 96.2 Å². The van der Waals surface area contributed by atoms with E-state index >= 15 is 0 Å². The number of ketones is 2. The molecule has 1 unspecified atom stereocenters. The van der Waals surface area contributed by atoms with E-state index in [1.54, 1.807) is 12.1 Å². The number of aliphatic hydroxyl groups excluding tert-OH is 2. The van der Waals surface area contributed by atoms with Gasteiger partial charge in [-0.2, -0.15) is 0 Å². The van der Waals surface area contributed by atoms with Crippen molar-refractivity contribution in [2.45, 2.75) is 96.6 Å². The lowest BCUT2D eigenvalue weighted by Gasteiger charge is -2.23. The molecule has 0 saturated carbocycles. The maximum Gasteiger partial charge on any atom is 0.163 e. The first-order valence-corrected chi connectivity index (χ1v) is 19.1. The molecule has 53 heavy (non-hydrogen) atoms. The van der Waals surface area contributed by atoms with Crippen LogP contribution in [0.1, 0.15) is 92.5 Å². The highest BCUT2D eigenvalue weighted by Gasteiger charge is 2.20. The van der Waals surface area contributed by atoms with Crippen molar-refractivity contribution in [2.24, 2.45) is 11.7 Å². The Balaban J connectivity index is 1.45. The second-order valence-electron chi connectivity index (χ2n) is 14.1. The van der Waals surface area contributed by atoms with Crippen LogP contribution in [0.25, 0.3) is 5.57 Å². The normalized spacial score (nSPS) is 15.0. The van der Waals surface area contributed by atoms with Crippen molar-refractivity contribution in [3.8, 4) is 11.5 Å². The number of nitrogens with two attached hydrogens (primary N) is 1. The molecule has 0 aromatic heterocycles. The standard InChI is InChI=1S/C45H58N2O6/c1-3-10-32(16-9-22-48)13-8-17-40(50)28-41(51)25-39(31-49)42-29-44(53-2)43(52)26-37(42)24-38-30-47-45(46)27-36(38)21-20-35-15-7-14-34(23-35)19-18-33-11-5-4-6-12-33/h4-7,11-12,14-15,23,25-27,29-30,32,45,47-49,52H,3,8-10,13,16-22,24,28,31,46H2,1-2H3/b39-25+/t32-,45?/m0/s1. The van der Waals surface area contributed by atoms with Gasteiger partial charge in [0, 0.05) is 19.2 Å². The van der Waals surface area contributed by atoms with Crippen molar-refractivity contribution in [3.05, 3.63) is 124 Å². The molecule has 6 N–H and O–H groups in total. The third-order valence-corrected chi connectivity index (χ3v) is 10.0. The van der Waals surface area contributed by atoms with Crippen molar-refractivity contribution in [3.63, 3.8) is 0 Å². The van der Waals surface area contributed by atoms with Crippen molar-refractivity contribution < 1.29 is 29.6 Å². The van der Waals surface area contributed by atoms with Crippen LogP contribution in [-0.2, 0) is 35.3 Å². The monoisotopic (exact) mass is 722 g/mol. The number of dihydropyridines is 1. The number of nitrogens with one attached hydrogen (secondary N) is 1. The number of carbonyl (C=O) groups is 2. The Morgan fingerprint density at radius 3 is 2.28 bits per heavy atom. The van der Waals surface area contributed by atoms with Crippen LogP contribution in [0.4, 0.5) is 0 Å². The zero-order chi connectivity index (χ0) is 38.0. The predicted molar refractivity (Wildman–Crippen MR) is 213 cm³/mol. The summed E-state index contributed by atoms with van der Waals surface area (Å²) in [6, 6.07) is 22.5. The van der Waals surface area contributed by atoms with Crippen LogP contribution < -0.4 is 15.8 Å². The van der Waals surface area contributed by atoms with Gasteiger partial charge in [0.05, 0.1) is 26.3 Å². The largest absolute Gasteiger partial charge is 0.504 e. The molecular formula is C45H58N2O6. The first-order valence-electron chi connectivity index (χ1n) is 19.1. The summed E-state index contributed by atoms with van der Waals surface area (Å²) >= 11 is 0. The Morgan fingerprint density at radius 1 is 0.887 bits per heavy atom. The number of hydrogen-bond donors (Lipinski definition) is 5. The maximum atomic E-state index is 13.1. The molecule has 0 spiro atoms. The van der Waals surface area contributed by atoms with Crippen LogP contribution in [0, 0.1) is 5.92 Å². The van der Waals surface area contributed by atoms with Gasteiger partial charge in [-0.1, -0.05) is 80.8 Å². The molecule has 284 valence electrons. The SMILES string of the molecule is CCC[C@H](CCCO)CCCC(=O)CC(=O)/C=C(\CO)c1cc(OC)c(O)cc1CC1=CNC(N)C=C1CCc1cccc(CCc2ccccc2)c1. The van der Waals surface area contributed by atoms with E-state index in [0.717, 1.165) is 68.9 Å². The number of hydrogen-bond acceptors (Lipinski definition) is 8. The minimum absolute atomic E-state index is 0.0515. The smallest absolute Gasteiger partial charge is 0.163 e. The molecule has 0 radical (unpaired) electrons. The number of rotatable bonds is 23. The van der Waals surface area contributed by atoms with Gasteiger partial charge in [-0.3, -0.25) is 9.59 Å². The van der Waals surface area contributed by atoms with Crippen LogP contribution in [0.2, 0.25) is 0 Å². The minimum atomic E-state index is -0.435. The lowest BCUT2D eigenvalue weighted by atomic mass is 9.88. The van der Waals surface area contributed by atoms with Crippen molar-refractivity contribution >= 4 is 17.1 Å². The molecule has 1 aliphatic heterocycles. The highest BCUT2D eigenvalue weighted by atomic mass is 16.5. The Hall–Kier alpha value is -4.50. The molecule has 4 rings (SSSR count). The number of phenolic OH excluding ortho intramolecular Hbond substituents is 1. The van der Waals surface area contributed by atoms with E-state index in [1.807, 2.05) is 18.3 Å². The van der Waals surface area contributed by atoms with Crippen molar-refractivity contribution in [1.29, 1.82) is 0 Å². The van der Waals surface area contributed by atoms with Gasteiger partial charge in [-0.05, 0) is 126 Å². The molecule has 3 aromatic rings. The quantitative estimate of drug-likeness (QED) is 0.0507. The van der Waals surface area contributed by atoms with Gasteiger partial charge in [0.1, 0.15) is 5.78 Å². The number of aryl methyl sites for hydroxylation is 3. The molecule has 8 nitrogen and oxygen atoms in total.